The van der Waals surface area contributed by atoms with E-state index in [1.54, 1.807) is 0 Å². The molecule has 3 aromatic carbocycles. The van der Waals surface area contributed by atoms with Gasteiger partial charge in [0.1, 0.15) is 0 Å². The van der Waals surface area contributed by atoms with Crippen LogP contribution in [-0.2, 0) is 11.3 Å². The average molecular weight is 393 g/mol. The maximum Gasteiger partial charge on any atom is 0.223 e. The highest BCUT2D eigenvalue weighted by Gasteiger charge is 2.44. The third kappa shape index (κ3) is 3.23. The van der Waals surface area contributed by atoms with Crippen LogP contribution in [0.5, 0.6) is 0 Å². The first-order chi connectivity index (χ1) is 14.7. The molecule has 0 bridgehead atoms. The van der Waals surface area contributed by atoms with Crippen LogP contribution in [0.15, 0.2) is 78.9 Å². The van der Waals surface area contributed by atoms with Crippen molar-refractivity contribution in [3.05, 3.63) is 101 Å². The van der Waals surface area contributed by atoms with Crippen molar-refractivity contribution in [2.45, 2.75) is 31.5 Å². The summed E-state index contributed by atoms with van der Waals surface area (Å²) in [6, 6.07) is 28.7. The number of amides is 1. The second-order valence-corrected chi connectivity index (χ2v) is 8.10. The predicted octanol–water partition coefficient (Wildman–Crippen LogP) is 5.20. The van der Waals surface area contributed by atoms with Crippen molar-refractivity contribution in [2.75, 3.05) is 5.32 Å². The molecule has 1 saturated heterocycles. The van der Waals surface area contributed by atoms with E-state index in [4.69, 9.17) is 5.26 Å². The largest absolute Gasteiger partial charge is 0.378 e. The molecule has 3 aromatic rings. The van der Waals surface area contributed by atoms with Crippen LogP contribution in [0.4, 0.5) is 5.69 Å². The second kappa shape index (κ2) is 7.68. The molecule has 0 radical (unpaired) electrons. The topological polar surface area (TPSA) is 56.1 Å². The van der Waals surface area contributed by atoms with E-state index in [0.717, 1.165) is 23.2 Å². The Kier molecular flexibility index (Phi) is 4.72. The van der Waals surface area contributed by atoms with Crippen molar-refractivity contribution < 1.29 is 4.79 Å². The fraction of sp³-hybridized carbons (Fsp3) is 0.231. The zero-order chi connectivity index (χ0) is 20.5. The molecule has 0 aromatic heterocycles. The monoisotopic (exact) mass is 393 g/mol. The van der Waals surface area contributed by atoms with E-state index in [-0.39, 0.29) is 23.9 Å². The normalized spacial score (nSPS) is 22.4. The molecular weight excluding hydrogens is 370 g/mol. The van der Waals surface area contributed by atoms with Gasteiger partial charge in [-0.1, -0.05) is 60.7 Å². The summed E-state index contributed by atoms with van der Waals surface area (Å²) in [5.41, 5.74) is 5.25. The number of hydrogen-bond acceptors (Lipinski definition) is 3. The predicted molar refractivity (Wildman–Crippen MR) is 116 cm³/mol. The first-order valence-electron chi connectivity index (χ1n) is 10.4. The number of carbonyl (C=O) groups excluding carboxylic acids is 1. The van der Waals surface area contributed by atoms with Crippen molar-refractivity contribution in [3.8, 4) is 6.07 Å². The first-order valence-corrected chi connectivity index (χ1v) is 10.4. The molecule has 0 aliphatic carbocycles. The van der Waals surface area contributed by atoms with E-state index in [2.05, 4.69) is 46.6 Å². The minimum atomic E-state index is 0.0320. The van der Waals surface area contributed by atoms with Gasteiger partial charge in [-0.2, -0.15) is 5.26 Å². The molecule has 5 rings (SSSR count). The molecule has 1 fully saturated rings. The summed E-state index contributed by atoms with van der Waals surface area (Å²) < 4.78 is 0. The molecule has 3 atom stereocenters. The maximum absolute atomic E-state index is 13.1. The van der Waals surface area contributed by atoms with Crippen LogP contribution >= 0.6 is 0 Å². The van der Waals surface area contributed by atoms with Gasteiger partial charge >= 0.3 is 0 Å². The van der Waals surface area contributed by atoms with Crippen LogP contribution < -0.4 is 5.32 Å². The SMILES string of the molecule is N#Cc1ccc([C@@H]2Nc3ccccc3[C@@H]3[C@H]2CCC(=O)N3Cc2ccccc2)cc1. The number of likely N-dealkylation sites (tertiary alicyclic amines) is 1. The highest BCUT2D eigenvalue weighted by Crippen LogP contribution is 2.50. The zero-order valence-electron chi connectivity index (χ0n) is 16.7. The third-order valence-electron chi connectivity index (χ3n) is 6.37. The molecule has 4 heteroatoms. The van der Waals surface area contributed by atoms with E-state index in [9.17, 15) is 4.79 Å². The molecule has 2 aliphatic rings. The number of benzene rings is 3. The Balaban J connectivity index is 1.57. The van der Waals surface area contributed by atoms with Crippen molar-refractivity contribution >= 4 is 11.6 Å². The van der Waals surface area contributed by atoms with Crippen molar-refractivity contribution in [1.82, 2.24) is 4.90 Å². The van der Waals surface area contributed by atoms with Crippen LogP contribution in [0.25, 0.3) is 0 Å². The number of hydrogen-bond donors (Lipinski definition) is 1. The van der Waals surface area contributed by atoms with Crippen molar-refractivity contribution in [2.24, 2.45) is 5.92 Å². The summed E-state index contributed by atoms with van der Waals surface area (Å²) in [5, 5.41) is 12.9. The minimum absolute atomic E-state index is 0.0320. The molecule has 30 heavy (non-hydrogen) atoms. The summed E-state index contributed by atoms with van der Waals surface area (Å²) in [7, 11) is 0. The van der Waals surface area contributed by atoms with Gasteiger partial charge in [0.15, 0.2) is 0 Å². The number of nitrogens with zero attached hydrogens (tertiary/aromatic N) is 2. The van der Waals surface area contributed by atoms with Gasteiger partial charge < -0.3 is 10.2 Å². The summed E-state index contributed by atoms with van der Waals surface area (Å²) in [6.45, 7) is 0.620. The molecule has 2 aliphatic heterocycles. The molecule has 0 unspecified atom stereocenters. The smallest absolute Gasteiger partial charge is 0.223 e. The molecule has 0 spiro atoms. The highest BCUT2D eigenvalue weighted by atomic mass is 16.2. The fourth-order valence-electron chi connectivity index (χ4n) is 4.95. The quantitative estimate of drug-likeness (QED) is 0.665. The van der Waals surface area contributed by atoms with Gasteiger partial charge in [0, 0.05) is 24.6 Å². The van der Waals surface area contributed by atoms with Gasteiger partial charge in [-0.05, 0) is 41.3 Å². The van der Waals surface area contributed by atoms with Crippen LogP contribution in [0.1, 0.15) is 47.2 Å². The minimum Gasteiger partial charge on any atom is -0.378 e. The van der Waals surface area contributed by atoms with Gasteiger partial charge in [-0.25, -0.2) is 0 Å². The van der Waals surface area contributed by atoms with E-state index in [1.165, 1.54) is 5.56 Å². The van der Waals surface area contributed by atoms with Crippen LogP contribution in [0, 0.1) is 17.2 Å². The van der Waals surface area contributed by atoms with Crippen molar-refractivity contribution in [1.29, 1.82) is 5.26 Å². The van der Waals surface area contributed by atoms with Crippen LogP contribution in [0.3, 0.4) is 0 Å². The number of piperidine rings is 1. The van der Waals surface area contributed by atoms with Gasteiger partial charge in [0.2, 0.25) is 5.91 Å². The standard InChI is InChI=1S/C26H23N3O/c27-16-18-10-12-20(13-11-18)25-22-14-15-24(30)29(17-19-6-2-1-3-7-19)26(22)21-8-4-5-9-23(21)28-25/h1-13,22,25-26,28H,14-15,17H2/t22-,25-,26+/m0/s1. The zero-order valence-corrected chi connectivity index (χ0v) is 16.7. The molecular formula is C26H23N3O. The number of anilines is 1. The van der Waals surface area contributed by atoms with Gasteiger partial charge in [-0.3, -0.25) is 4.79 Å². The Morgan fingerprint density at radius 3 is 2.47 bits per heavy atom. The highest BCUT2D eigenvalue weighted by molar-refractivity contribution is 5.79. The molecule has 1 amide bonds. The first kappa shape index (κ1) is 18.4. The maximum atomic E-state index is 13.1. The Morgan fingerprint density at radius 2 is 1.70 bits per heavy atom. The summed E-state index contributed by atoms with van der Waals surface area (Å²) in [4.78, 5) is 15.1. The van der Waals surface area contributed by atoms with Crippen LogP contribution in [-0.4, -0.2) is 10.8 Å². The van der Waals surface area contributed by atoms with Crippen LogP contribution in [0.2, 0.25) is 0 Å². The Morgan fingerprint density at radius 1 is 0.967 bits per heavy atom. The summed E-state index contributed by atoms with van der Waals surface area (Å²) >= 11 is 0. The number of carbonyl (C=O) groups is 1. The van der Waals surface area contributed by atoms with E-state index < -0.39 is 0 Å². The van der Waals surface area contributed by atoms with E-state index >= 15 is 0 Å². The lowest BCUT2D eigenvalue weighted by atomic mass is 9.74. The number of nitriles is 1. The molecule has 2 heterocycles. The Labute approximate surface area is 176 Å². The molecule has 0 saturated carbocycles. The lowest BCUT2D eigenvalue weighted by Crippen LogP contribution is -2.47. The van der Waals surface area contributed by atoms with Gasteiger partial charge in [0.05, 0.1) is 23.7 Å². The number of nitrogens with one attached hydrogen (secondary N) is 1. The second-order valence-electron chi connectivity index (χ2n) is 8.10. The summed E-state index contributed by atoms with van der Waals surface area (Å²) in [6.07, 6.45) is 1.41. The van der Waals surface area contributed by atoms with Gasteiger partial charge in [0.25, 0.3) is 0 Å². The summed E-state index contributed by atoms with van der Waals surface area (Å²) in [5.74, 6) is 0.490. The lowest BCUT2D eigenvalue weighted by Gasteiger charge is -2.49. The fourth-order valence-corrected chi connectivity index (χ4v) is 4.95. The Bertz CT molecular complexity index is 1100. The lowest BCUT2D eigenvalue weighted by molar-refractivity contribution is -0.140. The molecule has 4 nitrogen and oxygen atoms in total. The number of rotatable bonds is 3. The Hall–Kier alpha value is -3.58. The van der Waals surface area contributed by atoms with E-state index in [0.29, 0.717) is 18.5 Å². The van der Waals surface area contributed by atoms with E-state index in [1.807, 2.05) is 48.5 Å². The molecule has 148 valence electrons. The molecule has 1 N–H and O–H groups in total. The average Bonchev–Trinajstić information content (AvgIpc) is 2.81. The van der Waals surface area contributed by atoms with Gasteiger partial charge in [-0.15, -0.1) is 0 Å². The van der Waals surface area contributed by atoms with Crippen molar-refractivity contribution in [3.63, 3.8) is 0 Å². The number of para-hydroxylation sites is 1. The number of fused-ring (bicyclic) bond motifs is 3. The third-order valence-corrected chi connectivity index (χ3v) is 6.37.